The molecular weight excluding hydrogens is 421 g/mol. The summed E-state index contributed by atoms with van der Waals surface area (Å²) >= 11 is 0. The van der Waals surface area contributed by atoms with E-state index in [1.807, 2.05) is 39.0 Å². The highest BCUT2D eigenvalue weighted by atomic mass is 127. The summed E-state index contributed by atoms with van der Waals surface area (Å²) in [4.78, 5) is 21.7. The first kappa shape index (κ1) is 22.4. The summed E-state index contributed by atoms with van der Waals surface area (Å²) in [6.07, 6.45) is 1.42. The smallest absolute Gasteiger partial charge is 0.410 e. The van der Waals surface area contributed by atoms with E-state index in [-0.39, 0.29) is 30.1 Å². The van der Waals surface area contributed by atoms with Gasteiger partial charge in [0.1, 0.15) is 5.60 Å². The number of guanidine groups is 1. The third kappa shape index (κ3) is 9.53. The third-order valence-corrected chi connectivity index (χ3v) is 2.83. The maximum absolute atomic E-state index is 11.8. The average Bonchev–Trinajstić information content (AvgIpc) is 2.49. The summed E-state index contributed by atoms with van der Waals surface area (Å²) in [6.45, 7) is 7.21. The SMILES string of the molecule is CN=C(NCCN(C)C(=O)OC(C)(C)C)NCc1ccccn1.I. The van der Waals surface area contributed by atoms with Gasteiger partial charge in [-0.25, -0.2) is 4.79 Å². The monoisotopic (exact) mass is 449 g/mol. The van der Waals surface area contributed by atoms with Crippen molar-refractivity contribution in [3.05, 3.63) is 30.1 Å². The Labute approximate surface area is 161 Å². The second-order valence-corrected chi connectivity index (χ2v) is 6.08. The molecule has 7 nitrogen and oxygen atoms in total. The highest BCUT2D eigenvalue weighted by molar-refractivity contribution is 14.0. The molecule has 0 atom stereocenters. The normalized spacial score (nSPS) is 11.3. The van der Waals surface area contributed by atoms with Gasteiger partial charge in [-0.3, -0.25) is 9.98 Å². The predicted molar refractivity (Wildman–Crippen MR) is 107 cm³/mol. The molecule has 0 aromatic carbocycles. The lowest BCUT2D eigenvalue weighted by Gasteiger charge is -2.24. The van der Waals surface area contributed by atoms with E-state index in [0.717, 1.165) is 5.69 Å². The molecule has 1 aromatic heterocycles. The summed E-state index contributed by atoms with van der Waals surface area (Å²) in [6, 6.07) is 5.76. The van der Waals surface area contributed by atoms with Gasteiger partial charge in [0.05, 0.1) is 12.2 Å². The summed E-state index contributed by atoms with van der Waals surface area (Å²) in [5.41, 5.74) is 0.445. The van der Waals surface area contributed by atoms with Gasteiger partial charge in [-0.05, 0) is 32.9 Å². The lowest BCUT2D eigenvalue weighted by molar-refractivity contribution is 0.0302. The van der Waals surface area contributed by atoms with Crippen LogP contribution in [0.25, 0.3) is 0 Å². The predicted octanol–water partition coefficient (Wildman–Crippen LogP) is 2.23. The third-order valence-electron chi connectivity index (χ3n) is 2.83. The molecule has 0 bridgehead atoms. The largest absolute Gasteiger partial charge is 0.444 e. The minimum atomic E-state index is -0.487. The number of likely N-dealkylation sites (N-methyl/N-ethyl adjacent to an activating group) is 1. The Bertz CT molecular complexity index is 517. The summed E-state index contributed by atoms with van der Waals surface area (Å²) in [7, 11) is 3.41. The van der Waals surface area contributed by atoms with E-state index in [4.69, 9.17) is 4.74 Å². The number of ether oxygens (including phenoxy) is 1. The van der Waals surface area contributed by atoms with Crippen LogP contribution in [0, 0.1) is 0 Å². The fourth-order valence-electron chi connectivity index (χ4n) is 1.67. The van der Waals surface area contributed by atoms with Gasteiger partial charge >= 0.3 is 6.09 Å². The van der Waals surface area contributed by atoms with Gasteiger partial charge in [-0.15, -0.1) is 24.0 Å². The molecule has 2 N–H and O–H groups in total. The first-order valence-electron chi connectivity index (χ1n) is 7.60. The van der Waals surface area contributed by atoms with Crippen molar-refractivity contribution >= 4 is 36.0 Å². The Hall–Kier alpha value is -1.58. The zero-order chi connectivity index (χ0) is 17.3. The van der Waals surface area contributed by atoms with E-state index in [9.17, 15) is 4.79 Å². The van der Waals surface area contributed by atoms with Crippen LogP contribution in [-0.4, -0.2) is 54.7 Å². The molecule has 1 rings (SSSR count). The topological polar surface area (TPSA) is 78.9 Å². The van der Waals surface area contributed by atoms with Gasteiger partial charge < -0.3 is 20.3 Å². The fraction of sp³-hybridized carbons (Fsp3) is 0.562. The molecule has 0 aliphatic carbocycles. The second-order valence-electron chi connectivity index (χ2n) is 6.08. The van der Waals surface area contributed by atoms with Crippen LogP contribution in [0.3, 0.4) is 0 Å². The van der Waals surface area contributed by atoms with E-state index in [1.165, 1.54) is 4.90 Å². The Morgan fingerprint density at radius 2 is 2.04 bits per heavy atom. The average molecular weight is 449 g/mol. The molecule has 0 fully saturated rings. The van der Waals surface area contributed by atoms with Gasteiger partial charge in [0.2, 0.25) is 0 Å². The van der Waals surface area contributed by atoms with Crippen LogP contribution in [0.5, 0.6) is 0 Å². The number of aromatic nitrogens is 1. The maximum Gasteiger partial charge on any atom is 0.410 e. The van der Waals surface area contributed by atoms with E-state index in [1.54, 1.807) is 20.3 Å². The molecule has 0 saturated heterocycles. The van der Waals surface area contributed by atoms with Crippen molar-refractivity contribution < 1.29 is 9.53 Å². The van der Waals surface area contributed by atoms with E-state index in [2.05, 4.69) is 20.6 Å². The number of hydrogen-bond acceptors (Lipinski definition) is 4. The van der Waals surface area contributed by atoms with Crippen molar-refractivity contribution in [3.8, 4) is 0 Å². The first-order valence-corrected chi connectivity index (χ1v) is 7.60. The van der Waals surface area contributed by atoms with Gasteiger partial charge in [0.25, 0.3) is 0 Å². The van der Waals surface area contributed by atoms with Crippen LogP contribution in [-0.2, 0) is 11.3 Å². The van der Waals surface area contributed by atoms with E-state index < -0.39 is 5.60 Å². The lowest BCUT2D eigenvalue weighted by atomic mass is 10.2. The number of carbonyl (C=O) groups is 1. The highest BCUT2D eigenvalue weighted by Gasteiger charge is 2.19. The molecule has 136 valence electrons. The lowest BCUT2D eigenvalue weighted by Crippen LogP contribution is -2.42. The van der Waals surface area contributed by atoms with Crippen molar-refractivity contribution in [2.75, 3.05) is 27.2 Å². The number of hydrogen-bond donors (Lipinski definition) is 2. The molecular formula is C16H28IN5O2. The standard InChI is InChI=1S/C16H27N5O2.HI/c1-16(2,3)23-15(22)21(5)11-10-19-14(17-4)20-12-13-8-6-7-9-18-13;/h6-9H,10-12H2,1-5H3,(H2,17,19,20);1H. The molecule has 0 spiro atoms. The molecule has 0 unspecified atom stereocenters. The summed E-state index contributed by atoms with van der Waals surface area (Å²) < 4.78 is 5.29. The Kier molecular flexibility index (Phi) is 10.3. The summed E-state index contributed by atoms with van der Waals surface area (Å²) in [5, 5.41) is 6.32. The number of rotatable bonds is 5. The molecule has 24 heavy (non-hydrogen) atoms. The zero-order valence-corrected chi connectivity index (χ0v) is 17.3. The number of nitrogens with zero attached hydrogens (tertiary/aromatic N) is 3. The highest BCUT2D eigenvalue weighted by Crippen LogP contribution is 2.08. The molecule has 8 heteroatoms. The molecule has 0 radical (unpaired) electrons. The van der Waals surface area contributed by atoms with Gasteiger partial charge in [-0.1, -0.05) is 6.07 Å². The summed E-state index contributed by atoms with van der Waals surface area (Å²) in [5.74, 6) is 0.660. The molecule has 0 aliphatic rings. The molecule has 0 saturated carbocycles. The van der Waals surface area contributed by atoms with E-state index >= 15 is 0 Å². The quantitative estimate of drug-likeness (QED) is 0.410. The minimum Gasteiger partial charge on any atom is -0.444 e. The fourth-order valence-corrected chi connectivity index (χ4v) is 1.67. The molecule has 1 heterocycles. The van der Waals surface area contributed by atoms with Crippen molar-refractivity contribution in [1.29, 1.82) is 0 Å². The Morgan fingerprint density at radius 3 is 2.58 bits per heavy atom. The van der Waals surface area contributed by atoms with Gasteiger partial charge in [0, 0.05) is 33.4 Å². The molecule has 0 aliphatic heterocycles. The van der Waals surface area contributed by atoms with Crippen LogP contribution in [0.15, 0.2) is 29.4 Å². The van der Waals surface area contributed by atoms with Gasteiger partial charge in [0.15, 0.2) is 5.96 Å². The number of carbonyl (C=O) groups excluding carboxylic acids is 1. The molecule has 1 amide bonds. The second kappa shape index (κ2) is 11.1. The van der Waals surface area contributed by atoms with Crippen molar-refractivity contribution in [1.82, 2.24) is 20.5 Å². The number of amides is 1. The number of pyridine rings is 1. The number of aliphatic imine (C=N–C) groups is 1. The van der Waals surface area contributed by atoms with Crippen LogP contribution >= 0.6 is 24.0 Å². The molecule has 1 aromatic rings. The van der Waals surface area contributed by atoms with Crippen LogP contribution in [0.4, 0.5) is 4.79 Å². The van der Waals surface area contributed by atoms with Crippen molar-refractivity contribution in [2.24, 2.45) is 4.99 Å². The van der Waals surface area contributed by atoms with Crippen LogP contribution < -0.4 is 10.6 Å². The van der Waals surface area contributed by atoms with Crippen molar-refractivity contribution in [3.63, 3.8) is 0 Å². The number of nitrogens with one attached hydrogen (secondary N) is 2. The zero-order valence-electron chi connectivity index (χ0n) is 15.0. The Morgan fingerprint density at radius 1 is 1.33 bits per heavy atom. The van der Waals surface area contributed by atoms with Crippen LogP contribution in [0.1, 0.15) is 26.5 Å². The van der Waals surface area contributed by atoms with E-state index in [0.29, 0.717) is 25.6 Å². The Balaban J connectivity index is 0.00000529. The maximum atomic E-state index is 11.8. The van der Waals surface area contributed by atoms with Crippen molar-refractivity contribution in [2.45, 2.75) is 32.9 Å². The minimum absolute atomic E-state index is 0. The first-order chi connectivity index (χ1) is 10.8. The van der Waals surface area contributed by atoms with Crippen LogP contribution in [0.2, 0.25) is 0 Å². The number of halogens is 1. The van der Waals surface area contributed by atoms with Gasteiger partial charge in [-0.2, -0.15) is 0 Å².